The monoisotopic (exact) mass is 275 g/mol. The second kappa shape index (κ2) is 7.09. The molecular formula is C17H29N3. The van der Waals surface area contributed by atoms with Crippen molar-refractivity contribution < 1.29 is 0 Å². The van der Waals surface area contributed by atoms with E-state index >= 15 is 0 Å². The van der Waals surface area contributed by atoms with E-state index in [1.165, 1.54) is 24.3 Å². The highest BCUT2D eigenvalue weighted by atomic mass is 15.3. The molecule has 1 N–H and O–H groups in total. The molecular weight excluding hydrogens is 246 g/mol. The molecule has 1 unspecified atom stereocenters. The molecule has 0 radical (unpaired) electrons. The van der Waals surface area contributed by atoms with Crippen molar-refractivity contribution in [1.82, 2.24) is 10.2 Å². The maximum atomic E-state index is 3.53. The minimum Gasteiger partial charge on any atom is -0.369 e. The standard InChI is InChI=1S/C17H29N3/c1-5-18-15(4)16-8-6-7-9-17(16)20-12-10-19(11-13-20)14(2)3/h6-9,14-15,18H,5,10-13H2,1-4H3. The van der Waals surface area contributed by atoms with Gasteiger partial charge in [0.2, 0.25) is 0 Å². The van der Waals surface area contributed by atoms with E-state index in [0.717, 1.165) is 19.6 Å². The summed E-state index contributed by atoms with van der Waals surface area (Å²) in [7, 11) is 0. The lowest BCUT2D eigenvalue weighted by molar-refractivity contribution is 0.209. The highest BCUT2D eigenvalue weighted by Gasteiger charge is 2.21. The molecule has 1 fully saturated rings. The molecule has 1 heterocycles. The van der Waals surface area contributed by atoms with Crippen molar-refractivity contribution in [3.05, 3.63) is 29.8 Å². The molecule has 1 aromatic rings. The minimum atomic E-state index is 0.416. The topological polar surface area (TPSA) is 18.5 Å². The lowest BCUT2D eigenvalue weighted by atomic mass is 10.0. The molecule has 0 aromatic heterocycles. The minimum absolute atomic E-state index is 0.416. The van der Waals surface area contributed by atoms with Gasteiger partial charge in [-0.2, -0.15) is 0 Å². The normalized spacial score (nSPS) is 18.6. The molecule has 1 atom stereocenters. The van der Waals surface area contributed by atoms with Crippen molar-refractivity contribution in [2.75, 3.05) is 37.6 Å². The Labute approximate surface area is 124 Å². The first-order valence-electron chi connectivity index (χ1n) is 7.94. The molecule has 0 aliphatic carbocycles. The molecule has 1 aromatic carbocycles. The Balaban J connectivity index is 2.10. The zero-order valence-corrected chi connectivity index (χ0v) is 13.4. The van der Waals surface area contributed by atoms with Crippen LogP contribution in [0.3, 0.4) is 0 Å². The Morgan fingerprint density at radius 3 is 2.30 bits per heavy atom. The van der Waals surface area contributed by atoms with Crippen LogP contribution in [-0.2, 0) is 0 Å². The molecule has 3 nitrogen and oxygen atoms in total. The largest absolute Gasteiger partial charge is 0.369 e. The van der Waals surface area contributed by atoms with E-state index in [-0.39, 0.29) is 0 Å². The Hall–Kier alpha value is -1.06. The second-order valence-corrected chi connectivity index (χ2v) is 5.95. The summed E-state index contributed by atoms with van der Waals surface area (Å²) < 4.78 is 0. The molecule has 0 bridgehead atoms. The van der Waals surface area contributed by atoms with Crippen LogP contribution in [0.4, 0.5) is 5.69 Å². The fourth-order valence-electron chi connectivity index (χ4n) is 3.04. The van der Waals surface area contributed by atoms with Crippen LogP contribution in [0.25, 0.3) is 0 Å². The lowest BCUT2D eigenvalue weighted by Gasteiger charge is -2.39. The zero-order chi connectivity index (χ0) is 14.5. The SMILES string of the molecule is CCNC(C)c1ccccc1N1CCN(C(C)C)CC1. The number of hydrogen-bond acceptors (Lipinski definition) is 3. The number of piperazine rings is 1. The Morgan fingerprint density at radius 1 is 1.05 bits per heavy atom. The van der Waals surface area contributed by atoms with Gasteiger partial charge in [-0.15, -0.1) is 0 Å². The molecule has 2 rings (SSSR count). The van der Waals surface area contributed by atoms with Crippen LogP contribution >= 0.6 is 0 Å². The molecule has 1 saturated heterocycles. The van der Waals surface area contributed by atoms with Crippen molar-refractivity contribution >= 4 is 5.69 Å². The van der Waals surface area contributed by atoms with Gasteiger partial charge in [0, 0.05) is 44.0 Å². The molecule has 1 aliphatic rings. The number of nitrogens with one attached hydrogen (secondary N) is 1. The summed E-state index contributed by atoms with van der Waals surface area (Å²) in [5, 5.41) is 3.53. The number of hydrogen-bond donors (Lipinski definition) is 1. The first kappa shape index (κ1) is 15.3. The van der Waals surface area contributed by atoms with Crippen molar-refractivity contribution in [2.45, 2.75) is 39.8 Å². The smallest absolute Gasteiger partial charge is 0.0415 e. The average Bonchev–Trinajstić information content (AvgIpc) is 2.47. The van der Waals surface area contributed by atoms with E-state index in [9.17, 15) is 0 Å². The van der Waals surface area contributed by atoms with Gasteiger partial charge in [0.05, 0.1) is 0 Å². The van der Waals surface area contributed by atoms with E-state index in [2.05, 4.69) is 67.1 Å². The lowest BCUT2D eigenvalue weighted by Crippen LogP contribution is -2.49. The van der Waals surface area contributed by atoms with E-state index in [1.807, 2.05) is 0 Å². The van der Waals surface area contributed by atoms with Crippen LogP contribution in [0, 0.1) is 0 Å². The highest BCUT2D eigenvalue weighted by molar-refractivity contribution is 5.55. The summed E-state index contributed by atoms with van der Waals surface area (Å²) >= 11 is 0. The van der Waals surface area contributed by atoms with Gasteiger partial charge in [0.25, 0.3) is 0 Å². The van der Waals surface area contributed by atoms with Gasteiger partial charge < -0.3 is 10.2 Å². The van der Waals surface area contributed by atoms with Crippen LogP contribution in [0.1, 0.15) is 39.3 Å². The molecule has 0 saturated carbocycles. The number of nitrogens with zero attached hydrogens (tertiary/aromatic N) is 2. The number of benzene rings is 1. The quantitative estimate of drug-likeness (QED) is 0.891. The third-order valence-corrected chi connectivity index (χ3v) is 4.30. The molecule has 1 aliphatic heterocycles. The third kappa shape index (κ3) is 3.53. The van der Waals surface area contributed by atoms with Gasteiger partial charge in [-0.05, 0) is 38.9 Å². The Morgan fingerprint density at radius 2 is 1.70 bits per heavy atom. The predicted octanol–water partition coefficient (Wildman–Crippen LogP) is 2.89. The van der Waals surface area contributed by atoms with Crippen molar-refractivity contribution in [1.29, 1.82) is 0 Å². The number of rotatable bonds is 5. The summed E-state index contributed by atoms with van der Waals surface area (Å²) in [6, 6.07) is 9.92. The van der Waals surface area contributed by atoms with Crippen LogP contribution in [0.2, 0.25) is 0 Å². The van der Waals surface area contributed by atoms with Crippen LogP contribution in [-0.4, -0.2) is 43.7 Å². The fraction of sp³-hybridized carbons (Fsp3) is 0.647. The molecule has 0 spiro atoms. The van der Waals surface area contributed by atoms with Gasteiger partial charge in [-0.3, -0.25) is 4.90 Å². The molecule has 112 valence electrons. The maximum Gasteiger partial charge on any atom is 0.0415 e. The van der Waals surface area contributed by atoms with Crippen LogP contribution in [0.5, 0.6) is 0 Å². The molecule has 0 amide bonds. The molecule has 3 heteroatoms. The van der Waals surface area contributed by atoms with Crippen molar-refractivity contribution in [2.24, 2.45) is 0 Å². The summed E-state index contributed by atoms with van der Waals surface area (Å²) in [6.07, 6.45) is 0. The first-order chi connectivity index (χ1) is 9.63. The van der Waals surface area contributed by atoms with Gasteiger partial charge in [-0.25, -0.2) is 0 Å². The number of para-hydroxylation sites is 1. The summed E-state index contributed by atoms with van der Waals surface area (Å²) in [5.74, 6) is 0. The number of anilines is 1. The van der Waals surface area contributed by atoms with Crippen molar-refractivity contribution in [3.8, 4) is 0 Å². The van der Waals surface area contributed by atoms with E-state index < -0.39 is 0 Å². The fourth-order valence-corrected chi connectivity index (χ4v) is 3.04. The summed E-state index contributed by atoms with van der Waals surface area (Å²) in [4.78, 5) is 5.11. The van der Waals surface area contributed by atoms with Crippen LogP contribution < -0.4 is 10.2 Å². The van der Waals surface area contributed by atoms with Gasteiger partial charge in [0.1, 0.15) is 0 Å². The second-order valence-electron chi connectivity index (χ2n) is 5.95. The first-order valence-corrected chi connectivity index (χ1v) is 7.94. The van der Waals surface area contributed by atoms with Crippen LogP contribution in [0.15, 0.2) is 24.3 Å². The Kier molecular flexibility index (Phi) is 5.44. The van der Waals surface area contributed by atoms with Gasteiger partial charge in [-0.1, -0.05) is 25.1 Å². The van der Waals surface area contributed by atoms with Crippen molar-refractivity contribution in [3.63, 3.8) is 0 Å². The van der Waals surface area contributed by atoms with Gasteiger partial charge >= 0.3 is 0 Å². The van der Waals surface area contributed by atoms with Gasteiger partial charge in [0.15, 0.2) is 0 Å². The van der Waals surface area contributed by atoms with E-state index in [1.54, 1.807) is 0 Å². The average molecular weight is 275 g/mol. The Bertz CT molecular complexity index is 408. The maximum absolute atomic E-state index is 3.53. The summed E-state index contributed by atoms with van der Waals surface area (Å²) in [6.45, 7) is 14.6. The summed E-state index contributed by atoms with van der Waals surface area (Å²) in [5.41, 5.74) is 2.83. The highest BCUT2D eigenvalue weighted by Crippen LogP contribution is 2.27. The molecule has 20 heavy (non-hydrogen) atoms. The zero-order valence-electron chi connectivity index (χ0n) is 13.4. The van der Waals surface area contributed by atoms with E-state index in [4.69, 9.17) is 0 Å². The van der Waals surface area contributed by atoms with E-state index in [0.29, 0.717) is 12.1 Å². The third-order valence-electron chi connectivity index (χ3n) is 4.30. The predicted molar refractivity (Wildman–Crippen MR) is 87.5 cm³/mol.